The summed E-state index contributed by atoms with van der Waals surface area (Å²) in [6, 6.07) is 8.27. The first-order chi connectivity index (χ1) is 13.0. The molecular weight excluding hydrogens is 413 g/mol. The first kappa shape index (κ1) is 21.0. The Hall–Kier alpha value is -1.77. The van der Waals surface area contributed by atoms with Gasteiger partial charge in [-0.1, -0.05) is 17.7 Å². The van der Waals surface area contributed by atoms with Crippen LogP contribution in [0.2, 0.25) is 5.02 Å². The third kappa shape index (κ3) is 4.14. The van der Waals surface area contributed by atoms with E-state index in [1.807, 2.05) is 0 Å². The lowest BCUT2D eigenvalue weighted by Crippen LogP contribution is -2.48. The van der Waals surface area contributed by atoms with Gasteiger partial charge in [-0.25, -0.2) is 8.42 Å². The van der Waals surface area contributed by atoms with E-state index >= 15 is 0 Å². The second kappa shape index (κ2) is 7.57. The SMILES string of the molecule is Cc1cc(S(=O)(=O)N2CCN(c3cccc(C(F)(F)F)c3)CC2)c(C)cc1Cl. The number of halogens is 4. The summed E-state index contributed by atoms with van der Waals surface area (Å²) in [6.07, 6.45) is -4.41. The molecule has 0 saturated carbocycles. The fourth-order valence-electron chi connectivity index (χ4n) is 3.24. The molecule has 1 fully saturated rings. The first-order valence-corrected chi connectivity index (χ1v) is 10.5. The second-order valence-corrected chi connectivity index (χ2v) is 9.12. The van der Waals surface area contributed by atoms with Crippen LogP contribution in [0.5, 0.6) is 0 Å². The van der Waals surface area contributed by atoms with Crippen molar-refractivity contribution in [2.75, 3.05) is 31.1 Å². The van der Waals surface area contributed by atoms with Crippen molar-refractivity contribution in [3.63, 3.8) is 0 Å². The molecule has 0 aliphatic carbocycles. The highest BCUT2D eigenvalue weighted by atomic mass is 35.5. The van der Waals surface area contributed by atoms with Crippen LogP contribution in [-0.4, -0.2) is 38.9 Å². The minimum Gasteiger partial charge on any atom is -0.369 e. The maximum Gasteiger partial charge on any atom is 0.416 e. The molecule has 9 heteroatoms. The molecule has 3 rings (SSSR count). The summed E-state index contributed by atoms with van der Waals surface area (Å²) in [5.74, 6) is 0. The van der Waals surface area contributed by atoms with Gasteiger partial charge in [-0.3, -0.25) is 0 Å². The van der Waals surface area contributed by atoms with E-state index in [2.05, 4.69) is 0 Å². The molecule has 0 radical (unpaired) electrons. The van der Waals surface area contributed by atoms with E-state index in [0.717, 1.165) is 12.1 Å². The van der Waals surface area contributed by atoms with E-state index in [9.17, 15) is 21.6 Å². The normalized spacial score (nSPS) is 16.4. The number of alkyl halides is 3. The molecule has 0 unspecified atom stereocenters. The number of hydrogen-bond donors (Lipinski definition) is 0. The Labute approximate surface area is 167 Å². The summed E-state index contributed by atoms with van der Waals surface area (Å²) in [6.45, 7) is 4.45. The minimum atomic E-state index is -4.41. The zero-order valence-corrected chi connectivity index (χ0v) is 17.0. The van der Waals surface area contributed by atoms with Crippen LogP contribution in [0.25, 0.3) is 0 Å². The van der Waals surface area contributed by atoms with Gasteiger partial charge in [0.05, 0.1) is 10.5 Å². The van der Waals surface area contributed by atoms with Gasteiger partial charge in [0, 0.05) is 36.9 Å². The van der Waals surface area contributed by atoms with Gasteiger partial charge >= 0.3 is 6.18 Å². The van der Waals surface area contributed by atoms with Gasteiger partial charge in [0.2, 0.25) is 10.0 Å². The van der Waals surface area contributed by atoms with Crippen molar-refractivity contribution in [2.24, 2.45) is 0 Å². The Morgan fingerprint density at radius 2 is 1.61 bits per heavy atom. The molecule has 0 bridgehead atoms. The lowest BCUT2D eigenvalue weighted by Gasteiger charge is -2.35. The Morgan fingerprint density at radius 1 is 0.964 bits per heavy atom. The topological polar surface area (TPSA) is 40.6 Å². The molecule has 152 valence electrons. The van der Waals surface area contributed by atoms with Gasteiger partial charge in [-0.05, 0) is 55.3 Å². The Kier molecular flexibility index (Phi) is 5.67. The molecule has 1 aliphatic heterocycles. The van der Waals surface area contributed by atoms with E-state index in [1.54, 1.807) is 36.9 Å². The molecule has 1 saturated heterocycles. The average Bonchev–Trinajstić information content (AvgIpc) is 2.64. The molecule has 0 atom stereocenters. The van der Waals surface area contributed by atoms with Crippen molar-refractivity contribution in [3.05, 3.63) is 58.1 Å². The number of hydrogen-bond acceptors (Lipinski definition) is 3. The highest BCUT2D eigenvalue weighted by molar-refractivity contribution is 7.89. The standard InChI is InChI=1S/C19H20ClF3N2O2S/c1-13-11-18(14(2)10-17(13)20)28(26,27)25-8-6-24(7-9-25)16-5-3-4-15(12-16)19(21,22)23/h3-5,10-12H,6-9H2,1-2H3. The zero-order valence-electron chi connectivity index (χ0n) is 15.4. The van der Waals surface area contributed by atoms with Crippen molar-refractivity contribution in [1.29, 1.82) is 0 Å². The van der Waals surface area contributed by atoms with E-state index in [1.165, 1.54) is 10.4 Å². The van der Waals surface area contributed by atoms with Crippen LogP contribution in [0, 0.1) is 13.8 Å². The molecule has 0 aromatic heterocycles. The minimum absolute atomic E-state index is 0.194. The monoisotopic (exact) mass is 432 g/mol. The zero-order chi connectivity index (χ0) is 20.7. The van der Waals surface area contributed by atoms with E-state index in [4.69, 9.17) is 11.6 Å². The van der Waals surface area contributed by atoms with Gasteiger partial charge in [-0.15, -0.1) is 0 Å². The predicted molar refractivity (Wildman–Crippen MR) is 103 cm³/mol. The predicted octanol–water partition coefficient (Wildman–Crippen LogP) is 4.49. The van der Waals surface area contributed by atoms with Crippen molar-refractivity contribution in [2.45, 2.75) is 24.9 Å². The maximum atomic E-state index is 13.0. The van der Waals surface area contributed by atoms with Crippen LogP contribution >= 0.6 is 11.6 Å². The van der Waals surface area contributed by atoms with Crippen LogP contribution in [-0.2, 0) is 16.2 Å². The van der Waals surface area contributed by atoms with Gasteiger partial charge < -0.3 is 4.90 Å². The number of nitrogens with zero attached hydrogens (tertiary/aromatic N) is 2. The van der Waals surface area contributed by atoms with Crippen LogP contribution in [0.4, 0.5) is 18.9 Å². The number of aryl methyl sites for hydroxylation is 2. The Balaban J connectivity index is 1.78. The lowest BCUT2D eigenvalue weighted by molar-refractivity contribution is -0.137. The summed E-state index contributed by atoms with van der Waals surface area (Å²) in [4.78, 5) is 1.98. The highest BCUT2D eigenvalue weighted by Crippen LogP contribution is 2.32. The molecule has 0 amide bonds. The number of piperazine rings is 1. The van der Waals surface area contributed by atoms with Crippen molar-refractivity contribution >= 4 is 27.3 Å². The lowest BCUT2D eigenvalue weighted by atomic mass is 10.1. The van der Waals surface area contributed by atoms with Gasteiger partial charge in [-0.2, -0.15) is 17.5 Å². The summed E-state index contributed by atoms with van der Waals surface area (Å²) in [5, 5.41) is 0.505. The average molecular weight is 433 g/mol. The quantitative estimate of drug-likeness (QED) is 0.717. The van der Waals surface area contributed by atoms with Gasteiger partial charge in [0.25, 0.3) is 0 Å². The molecule has 1 heterocycles. The van der Waals surface area contributed by atoms with Crippen LogP contribution < -0.4 is 4.90 Å². The number of benzene rings is 2. The largest absolute Gasteiger partial charge is 0.416 e. The molecular formula is C19H20ClF3N2O2S. The summed E-state index contributed by atoms with van der Waals surface area (Å²) in [5.41, 5.74) is 0.960. The Bertz CT molecular complexity index is 985. The third-order valence-electron chi connectivity index (χ3n) is 4.85. The number of sulfonamides is 1. The van der Waals surface area contributed by atoms with E-state index in [0.29, 0.717) is 34.9 Å². The fourth-order valence-corrected chi connectivity index (χ4v) is 5.17. The molecule has 4 nitrogen and oxygen atoms in total. The molecule has 2 aromatic carbocycles. The van der Waals surface area contributed by atoms with E-state index in [-0.39, 0.29) is 18.0 Å². The highest BCUT2D eigenvalue weighted by Gasteiger charge is 2.33. The number of rotatable bonds is 3. The smallest absolute Gasteiger partial charge is 0.369 e. The number of anilines is 1. The summed E-state index contributed by atoms with van der Waals surface area (Å²) >= 11 is 6.06. The second-order valence-electron chi connectivity index (χ2n) is 6.81. The maximum absolute atomic E-state index is 13.0. The third-order valence-corrected chi connectivity index (χ3v) is 7.30. The Morgan fingerprint density at radius 3 is 2.21 bits per heavy atom. The van der Waals surface area contributed by atoms with Crippen LogP contribution in [0.15, 0.2) is 41.3 Å². The van der Waals surface area contributed by atoms with Gasteiger partial charge in [0.1, 0.15) is 0 Å². The first-order valence-electron chi connectivity index (χ1n) is 8.69. The molecule has 28 heavy (non-hydrogen) atoms. The van der Waals surface area contributed by atoms with Crippen molar-refractivity contribution in [3.8, 4) is 0 Å². The van der Waals surface area contributed by atoms with Crippen molar-refractivity contribution in [1.82, 2.24) is 4.31 Å². The van der Waals surface area contributed by atoms with Crippen LogP contribution in [0.3, 0.4) is 0 Å². The molecule has 2 aromatic rings. The molecule has 1 aliphatic rings. The summed E-state index contributed by atoms with van der Waals surface area (Å²) < 4.78 is 66.2. The van der Waals surface area contributed by atoms with Crippen LogP contribution in [0.1, 0.15) is 16.7 Å². The summed E-state index contributed by atoms with van der Waals surface area (Å²) in [7, 11) is -3.70. The molecule has 0 N–H and O–H groups in total. The van der Waals surface area contributed by atoms with Gasteiger partial charge in [0.15, 0.2) is 0 Å². The van der Waals surface area contributed by atoms with Crippen molar-refractivity contribution < 1.29 is 21.6 Å². The van der Waals surface area contributed by atoms with E-state index < -0.39 is 21.8 Å². The molecule has 0 spiro atoms. The fraction of sp³-hybridized carbons (Fsp3) is 0.368.